The molecule has 1 aliphatic rings. The Bertz CT molecular complexity index is 663. The maximum absolute atomic E-state index is 11.2. The second-order valence-electron chi connectivity index (χ2n) is 3.93. The summed E-state index contributed by atoms with van der Waals surface area (Å²) in [5.41, 5.74) is 0.0501. The van der Waals surface area contributed by atoms with Gasteiger partial charge in [0, 0.05) is 0 Å². The highest BCUT2D eigenvalue weighted by atomic mass is 16.6. The summed E-state index contributed by atoms with van der Waals surface area (Å²) >= 11 is 0. The molecule has 5 heteroatoms. The van der Waals surface area contributed by atoms with Gasteiger partial charge in [-0.2, -0.15) is 0 Å². The lowest BCUT2D eigenvalue weighted by molar-refractivity contribution is 0.0693. The topological polar surface area (TPSA) is 65.0 Å². The Hall–Kier alpha value is -2.69. The van der Waals surface area contributed by atoms with Crippen LogP contribution in [0.5, 0.6) is 28.7 Å². The van der Waals surface area contributed by atoms with Crippen molar-refractivity contribution in [2.75, 3.05) is 7.11 Å². The van der Waals surface area contributed by atoms with Gasteiger partial charge in [-0.25, -0.2) is 4.79 Å². The van der Waals surface area contributed by atoms with Gasteiger partial charge in [-0.3, -0.25) is 0 Å². The van der Waals surface area contributed by atoms with Crippen LogP contribution in [0, 0.1) is 0 Å². The van der Waals surface area contributed by atoms with Gasteiger partial charge in [0.05, 0.1) is 7.11 Å². The van der Waals surface area contributed by atoms with E-state index < -0.39 is 5.97 Å². The largest absolute Gasteiger partial charge is 0.493 e. The maximum Gasteiger partial charge on any atom is 0.339 e. The molecule has 0 spiro atoms. The molecule has 0 unspecified atom stereocenters. The number of rotatable bonds is 2. The fraction of sp³-hybridized carbons (Fsp3) is 0.0714. The molecule has 1 aliphatic heterocycles. The van der Waals surface area contributed by atoms with Crippen molar-refractivity contribution in [3.8, 4) is 28.7 Å². The number of fused-ring (bicyclic) bond motifs is 2. The van der Waals surface area contributed by atoms with Crippen LogP contribution in [0.25, 0.3) is 0 Å². The summed E-state index contributed by atoms with van der Waals surface area (Å²) < 4.78 is 16.5. The maximum atomic E-state index is 11.2. The van der Waals surface area contributed by atoms with Gasteiger partial charge >= 0.3 is 5.97 Å². The van der Waals surface area contributed by atoms with E-state index in [2.05, 4.69) is 0 Å². The van der Waals surface area contributed by atoms with Crippen LogP contribution in [0.3, 0.4) is 0 Å². The third-order valence-corrected chi connectivity index (χ3v) is 2.80. The van der Waals surface area contributed by atoms with Gasteiger partial charge < -0.3 is 19.3 Å². The third kappa shape index (κ3) is 1.76. The lowest BCUT2D eigenvalue weighted by Crippen LogP contribution is -2.06. The molecule has 0 atom stereocenters. The van der Waals surface area contributed by atoms with Gasteiger partial charge in [0.15, 0.2) is 23.0 Å². The minimum Gasteiger partial charge on any atom is -0.493 e. The van der Waals surface area contributed by atoms with Crippen LogP contribution in [0.15, 0.2) is 36.4 Å². The molecule has 5 nitrogen and oxygen atoms in total. The fourth-order valence-corrected chi connectivity index (χ4v) is 1.93. The number of ether oxygens (including phenoxy) is 3. The molecule has 0 saturated carbocycles. The number of carboxylic acid groups (broad SMARTS) is 1. The summed E-state index contributed by atoms with van der Waals surface area (Å²) in [7, 11) is 1.51. The molecule has 0 fully saturated rings. The standard InChI is InChI=1S/C14H10O5/c1-17-9-5-3-7-11-13(9)19-12-8(14(15)16)4-2-6-10(12)18-11/h2-7H,1H3,(H,15,16). The minimum atomic E-state index is -1.07. The molecule has 0 aromatic heterocycles. The van der Waals surface area contributed by atoms with Gasteiger partial charge in [0.25, 0.3) is 0 Å². The first-order chi connectivity index (χ1) is 9.20. The molecule has 2 aromatic rings. The summed E-state index contributed by atoms with van der Waals surface area (Å²) in [5, 5.41) is 9.15. The number of aromatic carboxylic acids is 1. The van der Waals surface area contributed by atoms with Crippen molar-refractivity contribution in [3.05, 3.63) is 42.0 Å². The molecule has 1 heterocycles. The Morgan fingerprint density at radius 2 is 1.74 bits per heavy atom. The van der Waals surface area contributed by atoms with E-state index in [1.165, 1.54) is 13.2 Å². The molecule has 0 radical (unpaired) electrons. The Balaban J connectivity index is 2.15. The van der Waals surface area contributed by atoms with Gasteiger partial charge in [0.1, 0.15) is 5.56 Å². The van der Waals surface area contributed by atoms with Crippen LogP contribution in [0.4, 0.5) is 0 Å². The lowest BCUT2D eigenvalue weighted by Gasteiger charge is -2.22. The van der Waals surface area contributed by atoms with Gasteiger partial charge in [-0.05, 0) is 24.3 Å². The highest BCUT2D eigenvalue weighted by molar-refractivity contribution is 5.92. The van der Waals surface area contributed by atoms with E-state index in [1.54, 1.807) is 30.3 Å². The van der Waals surface area contributed by atoms with E-state index in [-0.39, 0.29) is 11.3 Å². The highest BCUT2D eigenvalue weighted by Crippen LogP contribution is 2.50. The number of para-hydroxylation sites is 2. The number of carboxylic acids is 1. The Morgan fingerprint density at radius 3 is 2.42 bits per heavy atom. The molecular formula is C14H10O5. The molecule has 96 valence electrons. The van der Waals surface area contributed by atoms with E-state index in [4.69, 9.17) is 19.3 Å². The second-order valence-corrected chi connectivity index (χ2v) is 3.93. The molecule has 3 rings (SSSR count). The van der Waals surface area contributed by atoms with Gasteiger partial charge in [0.2, 0.25) is 5.75 Å². The smallest absolute Gasteiger partial charge is 0.339 e. The van der Waals surface area contributed by atoms with Crippen LogP contribution < -0.4 is 14.2 Å². The number of methoxy groups -OCH3 is 1. The van der Waals surface area contributed by atoms with Crippen LogP contribution in [-0.2, 0) is 0 Å². The normalized spacial score (nSPS) is 11.6. The average Bonchev–Trinajstić information content (AvgIpc) is 2.43. The van der Waals surface area contributed by atoms with Crippen molar-refractivity contribution in [3.63, 3.8) is 0 Å². The van der Waals surface area contributed by atoms with Crippen molar-refractivity contribution in [2.45, 2.75) is 0 Å². The first-order valence-corrected chi connectivity index (χ1v) is 5.59. The zero-order valence-electron chi connectivity index (χ0n) is 10.0. The summed E-state index contributed by atoms with van der Waals surface area (Å²) in [4.78, 5) is 11.2. The molecule has 0 aliphatic carbocycles. The van der Waals surface area contributed by atoms with Crippen LogP contribution in [0.2, 0.25) is 0 Å². The van der Waals surface area contributed by atoms with Crippen LogP contribution >= 0.6 is 0 Å². The molecule has 0 bridgehead atoms. The van der Waals surface area contributed by atoms with E-state index in [9.17, 15) is 4.79 Å². The zero-order chi connectivity index (χ0) is 13.4. The van der Waals surface area contributed by atoms with E-state index in [0.29, 0.717) is 23.0 Å². The number of hydrogen-bond donors (Lipinski definition) is 1. The fourth-order valence-electron chi connectivity index (χ4n) is 1.93. The van der Waals surface area contributed by atoms with E-state index in [0.717, 1.165) is 0 Å². The predicted octanol–water partition coefficient (Wildman–Crippen LogP) is 3.29. The summed E-state index contributed by atoms with van der Waals surface area (Å²) in [6, 6.07) is 9.95. The first-order valence-electron chi connectivity index (χ1n) is 5.59. The monoisotopic (exact) mass is 258 g/mol. The molecule has 1 N–H and O–H groups in total. The highest BCUT2D eigenvalue weighted by Gasteiger charge is 2.26. The van der Waals surface area contributed by atoms with Gasteiger partial charge in [-0.1, -0.05) is 12.1 Å². The van der Waals surface area contributed by atoms with Crippen molar-refractivity contribution in [1.82, 2.24) is 0 Å². The first kappa shape index (κ1) is 11.4. The Kier molecular flexibility index (Phi) is 2.52. The van der Waals surface area contributed by atoms with Gasteiger partial charge in [-0.15, -0.1) is 0 Å². The SMILES string of the molecule is COc1cccc2c1Oc1c(cccc1C(=O)O)O2. The zero-order valence-corrected chi connectivity index (χ0v) is 10.0. The van der Waals surface area contributed by atoms with Crippen molar-refractivity contribution in [2.24, 2.45) is 0 Å². The molecule has 0 saturated heterocycles. The van der Waals surface area contributed by atoms with E-state index in [1.807, 2.05) is 0 Å². The quantitative estimate of drug-likeness (QED) is 0.764. The average molecular weight is 258 g/mol. The lowest BCUT2D eigenvalue weighted by atomic mass is 10.1. The van der Waals surface area contributed by atoms with E-state index >= 15 is 0 Å². The summed E-state index contributed by atoms with van der Waals surface area (Å²) in [5.74, 6) is 0.857. The van der Waals surface area contributed by atoms with Crippen LogP contribution in [-0.4, -0.2) is 18.2 Å². The van der Waals surface area contributed by atoms with Crippen molar-refractivity contribution in [1.29, 1.82) is 0 Å². The molecule has 2 aromatic carbocycles. The van der Waals surface area contributed by atoms with Crippen LogP contribution in [0.1, 0.15) is 10.4 Å². The van der Waals surface area contributed by atoms with Crippen molar-refractivity contribution >= 4 is 5.97 Å². The molecular weight excluding hydrogens is 248 g/mol. The third-order valence-electron chi connectivity index (χ3n) is 2.80. The molecule has 19 heavy (non-hydrogen) atoms. The number of benzene rings is 2. The molecule has 0 amide bonds. The minimum absolute atomic E-state index is 0.0501. The second kappa shape index (κ2) is 4.20. The van der Waals surface area contributed by atoms with Crippen molar-refractivity contribution < 1.29 is 24.1 Å². The predicted molar refractivity (Wildman–Crippen MR) is 66.5 cm³/mol. The number of hydrogen-bond acceptors (Lipinski definition) is 4. The summed E-state index contributed by atoms with van der Waals surface area (Å²) in [6.45, 7) is 0. The number of carbonyl (C=O) groups is 1. The summed E-state index contributed by atoms with van der Waals surface area (Å²) in [6.07, 6.45) is 0. The Labute approximate surface area is 109 Å². The Morgan fingerprint density at radius 1 is 1.05 bits per heavy atom.